The molecule has 3 rings (SSSR count). The molecule has 2 heterocycles. The summed E-state index contributed by atoms with van der Waals surface area (Å²) in [5.41, 5.74) is 0.390. The number of anilines is 1. The van der Waals surface area contributed by atoms with Crippen LogP contribution in [0.15, 0.2) is 40.3 Å². The van der Waals surface area contributed by atoms with E-state index in [4.69, 9.17) is 4.74 Å². The van der Waals surface area contributed by atoms with E-state index in [-0.39, 0.29) is 21.8 Å². The number of H-pyrrole nitrogens is 1. The van der Waals surface area contributed by atoms with E-state index in [1.807, 2.05) is 0 Å². The number of pyridine rings is 1. The number of carbonyl (C=O) groups is 2. The van der Waals surface area contributed by atoms with Gasteiger partial charge in [0.15, 0.2) is 10.8 Å². The van der Waals surface area contributed by atoms with Crippen LogP contribution in [-0.4, -0.2) is 39.2 Å². The third kappa shape index (κ3) is 4.60. The molecule has 0 bridgehead atoms. The number of fused-ring (bicyclic) bond motifs is 1. The molecule has 1 aromatic carbocycles. The van der Waals surface area contributed by atoms with Gasteiger partial charge >= 0.3 is 5.97 Å². The zero-order chi connectivity index (χ0) is 21.1. The lowest BCUT2D eigenvalue weighted by Gasteiger charge is -2.12. The molecular formula is C19H17FN4O4S. The van der Waals surface area contributed by atoms with Crippen molar-refractivity contribution in [3.63, 3.8) is 0 Å². The topological polar surface area (TPSA) is 114 Å². The van der Waals surface area contributed by atoms with Gasteiger partial charge in [-0.05, 0) is 38.1 Å². The summed E-state index contributed by atoms with van der Waals surface area (Å²) in [5, 5.41) is 2.13. The molecule has 0 aliphatic heterocycles. The average molecular weight is 416 g/mol. The van der Waals surface area contributed by atoms with Gasteiger partial charge in [0.25, 0.3) is 5.56 Å². The SMILES string of the molecule is COC(=O)c1cc(C)nc2nc(SC(C)C(=O)Nc3cccc(F)c3)[nH]c(=O)c12. The lowest BCUT2D eigenvalue weighted by molar-refractivity contribution is -0.115. The van der Waals surface area contributed by atoms with E-state index >= 15 is 0 Å². The van der Waals surface area contributed by atoms with Crippen molar-refractivity contribution in [2.75, 3.05) is 12.4 Å². The summed E-state index contributed by atoms with van der Waals surface area (Å²) in [5.74, 6) is -1.53. The molecule has 10 heteroatoms. The molecule has 1 atom stereocenters. The number of nitrogens with zero attached hydrogens (tertiary/aromatic N) is 2. The summed E-state index contributed by atoms with van der Waals surface area (Å²) < 4.78 is 18.0. The number of aryl methyl sites for hydroxylation is 1. The predicted octanol–water partition coefficient (Wildman–Crippen LogP) is 2.67. The van der Waals surface area contributed by atoms with E-state index in [0.29, 0.717) is 11.4 Å². The second-order valence-electron chi connectivity index (χ2n) is 6.13. The molecule has 2 aromatic heterocycles. The molecule has 0 fully saturated rings. The number of benzene rings is 1. The lowest BCUT2D eigenvalue weighted by Crippen LogP contribution is -2.23. The maximum atomic E-state index is 13.3. The van der Waals surface area contributed by atoms with Crippen LogP contribution in [0.25, 0.3) is 11.0 Å². The summed E-state index contributed by atoms with van der Waals surface area (Å²) in [7, 11) is 1.22. The third-order valence-electron chi connectivity index (χ3n) is 3.94. The summed E-state index contributed by atoms with van der Waals surface area (Å²) >= 11 is 1.00. The van der Waals surface area contributed by atoms with Gasteiger partial charge in [-0.25, -0.2) is 19.2 Å². The maximum Gasteiger partial charge on any atom is 0.338 e. The van der Waals surface area contributed by atoms with Gasteiger partial charge in [-0.15, -0.1) is 0 Å². The quantitative estimate of drug-likeness (QED) is 0.373. The maximum absolute atomic E-state index is 13.3. The molecular weight excluding hydrogens is 399 g/mol. The zero-order valence-electron chi connectivity index (χ0n) is 15.8. The number of nitrogens with one attached hydrogen (secondary N) is 2. The predicted molar refractivity (Wildman–Crippen MR) is 107 cm³/mol. The minimum Gasteiger partial charge on any atom is -0.465 e. The van der Waals surface area contributed by atoms with Crippen LogP contribution in [0.5, 0.6) is 0 Å². The Morgan fingerprint density at radius 2 is 2.03 bits per heavy atom. The first-order chi connectivity index (χ1) is 13.8. The highest BCUT2D eigenvalue weighted by atomic mass is 32.2. The molecule has 8 nitrogen and oxygen atoms in total. The number of aromatic nitrogens is 3. The van der Waals surface area contributed by atoms with Crippen molar-refractivity contribution in [1.29, 1.82) is 0 Å². The number of hydrogen-bond acceptors (Lipinski definition) is 7. The van der Waals surface area contributed by atoms with E-state index < -0.39 is 28.5 Å². The Bertz CT molecular complexity index is 1160. The van der Waals surface area contributed by atoms with Gasteiger partial charge in [0.1, 0.15) is 5.82 Å². The standard InChI is InChI=1S/C19H17FN4O4S/c1-9-7-13(18(27)28-3)14-15(21-9)23-19(24-17(14)26)29-10(2)16(25)22-12-6-4-5-11(20)8-12/h4-8,10H,1-3H3,(H,22,25)(H,21,23,24,26). The Kier molecular flexibility index (Phi) is 5.92. The molecule has 0 spiro atoms. The number of aromatic amines is 1. The van der Waals surface area contributed by atoms with E-state index in [0.717, 1.165) is 11.8 Å². The smallest absolute Gasteiger partial charge is 0.338 e. The molecule has 0 saturated heterocycles. The number of carbonyl (C=O) groups excluding carboxylic acids is 2. The molecule has 3 aromatic rings. The first-order valence-electron chi connectivity index (χ1n) is 8.51. The van der Waals surface area contributed by atoms with Crippen LogP contribution < -0.4 is 10.9 Å². The summed E-state index contributed by atoms with van der Waals surface area (Å²) in [6.45, 7) is 3.28. The largest absolute Gasteiger partial charge is 0.465 e. The average Bonchev–Trinajstić information content (AvgIpc) is 2.66. The summed E-state index contributed by atoms with van der Waals surface area (Å²) in [6, 6.07) is 6.97. The van der Waals surface area contributed by atoms with E-state index in [1.54, 1.807) is 19.9 Å². The highest BCUT2D eigenvalue weighted by molar-refractivity contribution is 8.00. The Morgan fingerprint density at radius 3 is 2.72 bits per heavy atom. The molecule has 1 unspecified atom stereocenters. The molecule has 2 N–H and O–H groups in total. The van der Waals surface area contributed by atoms with Crippen molar-refractivity contribution >= 4 is 40.4 Å². The Morgan fingerprint density at radius 1 is 1.28 bits per heavy atom. The number of amides is 1. The summed E-state index contributed by atoms with van der Waals surface area (Å²) in [6.07, 6.45) is 0. The Labute approximate surface area is 168 Å². The van der Waals surface area contributed by atoms with Crippen LogP contribution in [0.4, 0.5) is 10.1 Å². The van der Waals surface area contributed by atoms with Crippen molar-refractivity contribution in [2.45, 2.75) is 24.3 Å². The minimum atomic E-state index is -0.670. The van der Waals surface area contributed by atoms with Crippen molar-refractivity contribution in [2.24, 2.45) is 0 Å². The highest BCUT2D eigenvalue weighted by Crippen LogP contribution is 2.22. The van der Waals surface area contributed by atoms with Gasteiger partial charge in [0.2, 0.25) is 5.91 Å². The number of rotatable bonds is 5. The molecule has 0 aliphatic carbocycles. The zero-order valence-corrected chi connectivity index (χ0v) is 16.6. The van der Waals surface area contributed by atoms with Crippen molar-refractivity contribution < 1.29 is 18.7 Å². The van der Waals surface area contributed by atoms with Gasteiger partial charge < -0.3 is 15.0 Å². The summed E-state index contributed by atoms with van der Waals surface area (Å²) in [4.78, 5) is 47.9. The van der Waals surface area contributed by atoms with Crippen LogP contribution in [0.1, 0.15) is 23.0 Å². The van der Waals surface area contributed by atoms with Crippen LogP contribution >= 0.6 is 11.8 Å². The third-order valence-corrected chi connectivity index (χ3v) is 4.92. The van der Waals surface area contributed by atoms with E-state index in [9.17, 15) is 18.8 Å². The second-order valence-corrected chi connectivity index (χ2v) is 7.46. The Hall–Kier alpha value is -3.27. The molecule has 0 radical (unpaired) electrons. The van der Waals surface area contributed by atoms with Gasteiger partial charge in [-0.1, -0.05) is 17.8 Å². The van der Waals surface area contributed by atoms with E-state index in [2.05, 4.69) is 20.3 Å². The van der Waals surface area contributed by atoms with Crippen molar-refractivity contribution in [3.05, 3.63) is 57.8 Å². The number of esters is 1. The molecule has 0 saturated carbocycles. The first kappa shape index (κ1) is 20.5. The number of halogens is 1. The highest BCUT2D eigenvalue weighted by Gasteiger charge is 2.20. The fraction of sp³-hybridized carbons (Fsp3) is 0.211. The number of methoxy groups -OCH3 is 1. The first-order valence-corrected chi connectivity index (χ1v) is 9.39. The normalized spacial score (nSPS) is 11.9. The van der Waals surface area contributed by atoms with Gasteiger partial charge in [0, 0.05) is 11.4 Å². The van der Waals surface area contributed by atoms with Gasteiger partial charge in [-0.3, -0.25) is 9.59 Å². The van der Waals surface area contributed by atoms with Crippen LogP contribution in [0.2, 0.25) is 0 Å². The molecule has 29 heavy (non-hydrogen) atoms. The van der Waals surface area contributed by atoms with Crippen LogP contribution in [-0.2, 0) is 9.53 Å². The number of ether oxygens (including phenoxy) is 1. The van der Waals surface area contributed by atoms with Crippen LogP contribution in [0, 0.1) is 12.7 Å². The molecule has 1 amide bonds. The fourth-order valence-electron chi connectivity index (χ4n) is 2.60. The van der Waals surface area contributed by atoms with Crippen molar-refractivity contribution in [1.82, 2.24) is 15.0 Å². The van der Waals surface area contributed by atoms with Crippen molar-refractivity contribution in [3.8, 4) is 0 Å². The lowest BCUT2D eigenvalue weighted by atomic mass is 10.1. The van der Waals surface area contributed by atoms with Crippen LogP contribution in [0.3, 0.4) is 0 Å². The molecule has 150 valence electrons. The monoisotopic (exact) mass is 416 g/mol. The van der Waals surface area contributed by atoms with E-state index in [1.165, 1.54) is 31.4 Å². The molecule has 0 aliphatic rings. The van der Waals surface area contributed by atoms with Gasteiger partial charge in [-0.2, -0.15) is 0 Å². The second kappa shape index (κ2) is 8.39. The number of hydrogen-bond donors (Lipinski definition) is 2. The minimum absolute atomic E-state index is 0.0173. The van der Waals surface area contributed by atoms with Gasteiger partial charge in [0.05, 0.1) is 23.3 Å². The fourth-order valence-corrected chi connectivity index (χ4v) is 3.39. The number of thioether (sulfide) groups is 1. The Balaban J connectivity index is 1.87.